The molecule has 1 aromatic rings. The van der Waals surface area contributed by atoms with Crippen LogP contribution in [0.25, 0.3) is 0 Å². The molecular weight excluding hydrogens is 456 g/mol. The van der Waals surface area contributed by atoms with Gasteiger partial charge >= 0.3 is 5.97 Å². The first-order valence-electron chi connectivity index (χ1n) is 13.9. The fourth-order valence-electron chi connectivity index (χ4n) is 4.39. The maximum absolute atomic E-state index is 12.8. The van der Waals surface area contributed by atoms with Crippen LogP contribution in [0.3, 0.4) is 0 Å². The summed E-state index contributed by atoms with van der Waals surface area (Å²) in [5.41, 5.74) is 1.19. The van der Waals surface area contributed by atoms with Crippen molar-refractivity contribution in [1.82, 2.24) is 10.2 Å². The number of esters is 1. The van der Waals surface area contributed by atoms with E-state index < -0.39 is 12.0 Å². The number of carbonyl (C=O) groups is 3. The van der Waals surface area contributed by atoms with E-state index in [4.69, 9.17) is 9.47 Å². The van der Waals surface area contributed by atoms with Crippen LogP contribution < -0.4 is 10.1 Å². The van der Waals surface area contributed by atoms with E-state index in [0.717, 1.165) is 19.3 Å². The maximum Gasteiger partial charge on any atom is 0.308 e. The number of hydrogen-bond donors (Lipinski definition) is 1. The molecule has 0 bridgehead atoms. The Morgan fingerprint density at radius 1 is 0.972 bits per heavy atom. The molecule has 1 saturated heterocycles. The average Bonchev–Trinajstić information content (AvgIpc) is 2.87. The average molecular weight is 503 g/mol. The standard InChI is InChI=1S/C29H46N2O5/c1-4-5-6-7-8-9-10-11-12-13-20-35-28(33)21-26-29(34)30-18-19-31(26)27(32)22-36-25-16-14-24(15-17-25)23(2)3/h14-17,23,26H,4-13,18-22H2,1-3H3,(H,30,34). The van der Waals surface area contributed by atoms with E-state index >= 15 is 0 Å². The summed E-state index contributed by atoms with van der Waals surface area (Å²) in [4.78, 5) is 39.1. The number of unbranched alkanes of at least 4 members (excludes halogenated alkanes) is 9. The lowest BCUT2D eigenvalue weighted by Crippen LogP contribution is -2.58. The molecule has 1 fully saturated rings. The van der Waals surface area contributed by atoms with Gasteiger partial charge in [0.05, 0.1) is 13.0 Å². The van der Waals surface area contributed by atoms with Gasteiger partial charge in [0.15, 0.2) is 6.61 Å². The van der Waals surface area contributed by atoms with Crippen LogP contribution >= 0.6 is 0 Å². The monoisotopic (exact) mass is 502 g/mol. The first-order valence-corrected chi connectivity index (χ1v) is 13.9. The second-order valence-electron chi connectivity index (χ2n) is 10.0. The zero-order chi connectivity index (χ0) is 26.2. The van der Waals surface area contributed by atoms with Gasteiger partial charge in [-0.1, -0.05) is 90.7 Å². The smallest absolute Gasteiger partial charge is 0.308 e. The Morgan fingerprint density at radius 2 is 1.58 bits per heavy atom. The van der Waals surface area contributed by atoms with Crippen molar-refractivity contribution in [3.05, 3.63) is 29.8 Å². The highest BCUT2D eigenvalue weighted by molar-refractivity contribution is 5.92. The molecular formula is C29H46N2O5. The van der Waals surface area contributed by atoms with Crippen LogP contribution in [-0.2, 0) is 19.1 Å². The molecule has 2 rings (SSSR count). The summed E-state index contributed by atoms with van der Waals surface area (Å²) in [5, 5.41) is 2.74. The zero-order valence-electron chi connectivity index (χ0n) is 22.6. The van der Waals surface area contributed by atoms with E-state index in [2.05, 4.69) is 26.1 Å². The Morgan fingerprint density at radius 3 is 2.19 bits per heavy atom. The van der Waals surface area contributed by atoms with Gasteiger partial charge in [-0.25, -0.2) is 0 Å². The van der Waals surface area contributed by atoms with E-state index in [9.17, 15) is 14.4 Å². The third-order valence-corrected chi connectivity index (χ3v) is 6.68. The second kappa shape index (κ2) is 17.0. The third kappa shape index (κ3) is 11.0. The normalized spacial score (nSPS) is 15.6. The number of hydrogen-bond acceptors (Lipinski definition) is 5. The van der Waals surface area contributed by atoms with Crippen molar-refractivity contribution >= 4 is 17.8 Å². The highest BCUT2D eigenvalue weighted by atomic mass is 16.5. The zero-order valence-corrected chi connectivity index (χ0v) is 22.6. The summed E-state index contributed by atoms with van der Waals surface area (Å²) in [6, 6.07) is 6.78. The van der Waals surface area contributed by atoms with Crippen LogP contribution in [0.4, 0.5) is 0 Å². The van der Waals surface area contributed by atoms with E-state index in [1.807, 2.05) is 24.3 Å². The number of nitrogens with one attached hydrogen (secondary N) is 1. The van der Waals surface area contributed by atoms with Crippen molar-refractivity contribution in [2.45, 2.75) is 103 Å². The minimum Gasteiger partial charge on any atom is -0.484 e. The molecule has 0 radical (unpaired) electrons. The van der Waals surface area contributed by atoms with Crippen LogP contribution in [0.2, 0.25) is 0 Å². The summed E-state index contributed by atoms with van der Waals surface area (Å²) in [6.07, 6.45) is 12.0. The topological polar surface area (TPSA) is 84.9 Å². The second-order valence-corrected chi connectivity index (χ2v) is 10.0. The number of amides is 2. The molecule has 1 aromatic carbocycles. The Balaban J connectivity index is 1.67. The Hall–Kier alpha value is -2.57. The highest BCUT2D eigenvalue weighted by Gasteiger charge is 2.35. The number of piperazine rings is 1. The van der Waals surface area contributed by atoms with Gasteiger partial charge in [-0.3, -0.25) is 14.4 Å². The van der Waals surface area contributed by atoms with Crippen LogP contribution in [0.15, 0.2) is 24.3 Å². The predicted octanol–water partition coefficient (Wildman–Crippen LogP) is 5.37. The van der Waals surface area contributed by atoms with Crippen molar-refractivity contribution in [2.24, 2.45) is 0 Å². The molecule has 202 valence electrons. The number of benzene rings is 1. The number of nitrogens with zero attached hydrogens (tertiary/aromatic N) is 1. The largest absolute Gasteiger partial charge is 0.484 e. The summed E-state index contributed by atoms with van der Waals surface area (Å²) in [5.74, 6) is -0.0761. The molecule has 1 aliphatic heterocycles. The minimum absolute atomic E-state index is 0.140. The molecule has 0 spiro atoms. The molecule has 1 aliphatic rings. The molecule has 1 unspecified atom stereocenters. The molecule has 1 atom stereocenters. The molecule has 2 amide bonds. The van der Waals surface area contributed by atoms with Crippen LogP contribution in [0.5, 0.6) is 5.75 Å². The van der Waals surface area contributed by atoms with Gasteiger partial charge < -0.3 is 19.7 Å². The first kappa shape index (κ1) is 29.7. The van der Waals surface area contributed by atoms with Gasteiger partial charge in [0, 0.05) is 13.1 Å². The first-order chi connectivity index (χ1) is 17.4. The molecule has 0 aromatic heterocycles. The summed E-state index contributed by atoms with van der Waals surface area (Å²) in [7, 11) is 0. The Labute approximate surface area is 217 Å². The van der Waals surface area contributed by atoms with Crippen LogP contribution in [0, 0.1) is 0 Å². The quantitative estimate of drug-likeness (QED) is 0.229. The Kier molecular flexibility index (Phi) is 14.0. The van der Waals surface area contributed by atoms with Crippen LogP contribution in [0.1, 0.15) is 103 Å². The number of ether oxygens (including phenoxy) is 2. The van der Waals surface area contributed by atoms with Crippen molar-refractivity contribution < 1.29 is 23.9 Å². The lowest BCUT2D eigenvalue weighted by atomic mass is 10.0. The van der Waals surface area contributed by atoms with Gasteiger partial charge in [0.25, 0.3) is 5.91 Å². The molecule has 7 nitrogen and oxygen atoms in total. The van der Waals surface area contributed by atoms with E-state index in [1.54, 1.807) is 0 Å². The Bertz CT molecular complexity index is 793. The van der Waals surface area contributed by atoms with Crippen molar-refractivity contribution in [1.29, 1.82) is 0 Å². The van der Waals surface area contributed by atoms with Crippen molar-refractivity contribution in [3.63, 3.8) is 0 Å². The summed E-state index contributed by atoms with van der Waals surface area (Å²) >= 11 is 0. The predicted molar refractivity (Wildman–Crippen MR) is 142 cm³/mol. The maximum atomic E-state index is 12.8. The van der Waals surface area contributed by atoms with Gasteiger partial charge in [-0.2, -0.15) is 0 Å². The summed E-state index contributed by atoms with van der Waals surface area (Å²) in [6.45, 7) is 7.34. The molecule has 0 aliphatic carbocycles. The van der Waals surface area contributed by atoms with E-state index in [-0.39, 0.29) is 24.8 Å². The van der Waals surface area contributed by atoms with Crippen LogP contribution in [-0.4, -0.2) is 55.0 Å². The van der Waals surface area contributed by atoms with Crippen molar-refractivity contribution in [2.75, 3.05) is 26.3 Å². The van der Waals surface area contributed by atoms with E-state index in [1.165, 1.54) is 55.4 Å². The fourth-order valence-corrected chi connectivity index (χ4v) is 4.39. The van der Waals surface area contributed by atoms with Crippen molar-refractivity contribution in [3.8, 4) is 5.75 Å². The van der Waals surface area contributed by atoms with Gasteiger partial charge in [0.1, 0.15) is 11.8 Å². The van der Waals surface area contributed by atoms with E-state index in [0.29, 0.717) is 31.4 Å². The molecule has 7 heteroatoms. The lowest BCUT2D eigenvalue weighted by molar-refractivity contribution is -0.152. The fraction of sp³-hybridized carbons (Fsp3) is 0.690. The minimum atomic E-state index is -0.863. The van der Waals surface area contributed by atoms with Gasteiger partial charge in [-0.15, -0.1) is 0 Å². The lowest BCUT2D eigenvalue weighted by Gasteiger charge is -2.34. The van der Waals surface area contributed by atoms with Gasteiger partial charge in [-0.05, 0) is 30.0 Å². The molecule has 1 N–H and O–H groups in total. The van der Waals surface area contributed by atoms with Gasteiger partial charge in [0.2, 0.25) is 5.91 Å². The SMILES string of the molecule is CCCCCCCCCCCCOC(=O)CC1C(=O)NCCN1C(=O)COc1ccc(C(C)C)cc1. The number of rotatable bonds is 17. The summed E-state index contributed by atoms with van der Waals surface area (Å²) < 4.78 is 11.0. The molecule has 0 saturated carbocycles. The third-order valence-electron chi connectivity index (χ3n) is 6.68. The number of carbonyl (C=O) groups excluding carboxylic acids is 3. The molecule has 1 heterocycles. The highest BCUT2D eigenvalue weighted by Crippen LogP contribution is 2.19. The molecule has 36 heavy (non-hydrogen) atoms.